The first-order valence-electron chi connectivity index (χ1n) is 14.7. The monoisotopic (exact) mass is 594 g/mol. The lowest BCUT2D eigenvalue weighted by molar-refractivity contribution is -0.00458. The minimum Gasteiger partial charge on any atom is -0.493 e. The average molecular weight is 595 g/mol. The highest BCUT2D eigenvalue weighted by molar-refractivity contribution is 5.72. The molecule has 1 fully saturated rings. The summed E-state index contributed by atoms with van der Waals surface area (Å²) in [6.45, 7) is 12.3. The van der Waals surface area contributed by atoms with Crippen LogP contribution in [-0.2, 0) is 11.3 Å². The molecule has 0 N–H and O–H groups in total. The molecule has 0 radical (unpaired) electrons. The third-order valence-electron chi connectivity index (χ3n) is 7.60. The van der Waals surface area contributed by atoms with Crippen molar-refractivity contribution in [2.45, 2.75) is 65.6 Å². The Morgan fingerprint density at radius 3 is 2.05 bits per heavy atom. The molecule has 0 aliphatic carbocycles. The standard InChI is InChI=1S/C35H44F2N2O4/c1-9-33(43-35(3,4)5)38-14-12-27(13-15-38)39(28-10-11-29(36)30(37)21-28)22-24-16-23(2)17-25(18-24)26-19-31(40-6)34(42-8)32(20-26)41-7/h9-11,16-21,27H,12-15,22H2,1-8H3/b33-9+. The van der Waals surface area contributed by atoms with Gasteiger partial charge in [-0.3, -0.25) is 0 Å². The topological polar surface area (TPSA) is 43.4 Å². The van der Waals surface area contributed by atoms with Gasteiger partial charge in [0.05, 0.1) is 21.3 Å². The normalized spacial score (nSPS) is 14.5. The Bertz CT molecular complexity index is 1420. The molecule has 0 spiro atoms. The van der Waals surface area contributed by atoms with Crippen molar-refractivity contribution >= 4 is 5.69 Å². The molecule has 0 aromatic heterocycles. The van der Waals surface area contributed by atoms with E-state index in [2.05, 4.69) is 34.9 Å². The van der Waals surface area contributed by atoms with Crippen LogP contribution in [0.15, 0.2) is 60.5 Å². The van der Waals surface area contributed by atoms with Gasteiger partial charge in [0.15, 0.2) is 29.0 Å². The van der Waals surface area contributed by atoms with Crippen LogP contribution in [0.25, 0.3) is 11.1 Å². The molecule has 4 rings (SSSR count). The number of benzene rings is 3. The van der Waals surface area contributed by atoms with Gasteiger partial charge in [-0.05, 0) is 101 Å². The van der Waals surface area contributed by atoms with Gasteiger partial charge in [-0.1, -0.05) is 17.7 Å². The predicted molar refractivity (Wildman–Crippen MR) is 168 cm³/mol. The summed E-state index contributed by atoms with van der Waals surface area (Å²) >= 11 is 0. The third kappa shape index (κ3) is 7.72. The minimum absolute atomic E-state index is 0.124. The number of halogens is 2. The Morgan fingerprint density at radius 1 is 0.884 bits per heavy atom. The van der Waals surface area contributed by atoms with E-state index in [0.29, 0.717) is 29.5 Å². The van der Waals surface area contributed by atoms with Gasteiger partial charge in [0.25, 0.3) is 0 Å². The molecule has 232 valence electrons. The molecule has 1 heterocycles. The maximum absolute atomic E-state index is 14.5. The van der Waals surface area contributed by atoms with Crippen LogP contribution < -0.4 is 19.1 Å². The summed E-state index contributed by atoms with van der Waals surface area (Å²) in [6, 6.07) is 14.5. The summed E-state index contributed by atoms with van der Waals surface area (Å²) in [4.78, 5) is 4.47. The van der Waals surface area contributed by atoms with Crippen LogP contribution in [0.2, 0.25) is 0 Å². The molecule has 0 atom stereocenters. The molecule has 3 aromatic rings. The number of methoxy groups -OCH3 is 3. The molecular weight excluding hydrogens is 550 g/mol. The second-order valence-electron chi connectivity index (χ2n) is 11.9. The van der Waals surface area contributed by atoms with E-state index in [1.165, 1.54) is 12.1 Å². The lowest BCUT2D eigenvalue weighted by Gasteiger charge is -2.42. The van der Waals surface area contributed by atoms with E-state index in [1.807, 2.05) is 45.9 Å². The minimum atomic E-state index is -0.851. The molecule has 0 bridgehead atoms. The number of hydrogen-bond donors (Lipinski definition) is 0. The highest BCUT2D eigenvalue weighted by Gasteiger charge is 2.28. The average Bonchev–Trinajstić information content (AvgIpc) is 2.98. The van der Waals surface area contributed by atoms with E-state index in [-0.39, 0.29) is 11.6 Å². The fraction of sp³-hybridized carbons (Fsp3) is 0.429. The van der Waals surface area contributed by atoms with Crippen molar-refractivity contribution in [3.8, 4) is 28.4 Å². The third-order valence-corrected chi connectivity index (χ3v) is 7.60. The molecule has 0 saturated carbocycles. The van der Waals surface area contributed by atoms with E-state index in [1.54, 1.807) is 27.4 Å². The van der Waals surface area contributed by atoms with Crippen molar-refractivity contribution in [3.63, 3.8) is 0 Å². The zero-order valence-corrected chi connectivity index (χ0v) is 26.6. The molecule has 1 aliphatic heterocycles. The largest absolute Gasteiger partial charge is 0.493 e. The van der Waals surface area contributed by atoms with Crippen molar-refractivity contribution in [1.82, 2.24) is 4.90 Å². The van der Waals surface area contributed by atoms with Gasteiger partial charge in [-0.25, -0.2) is 8.78 Å². The van der Waals surface area contributed by atoms with E-state index in [4.69, 9.17) is 18.9 Å². The van der Waals surface area contributed by atoms with Crippen molar-refractivity contribution in [2.24, 2.45) is 0 Å². The van der Waals surface area contributed by atoms with E-state index in [9.17, 15) is 8.78 Å². The fourth-order valence-corrected chi connectivity index (χ4v) is 5.68. The lowest BCUT2D eigenvalue weighted by Crippen LogP contribution is -2.45. The van der Waals surface area contributed by atoms with Gasteiger partial charge in [0.2, 0.25) is 5.75 Å². The van der Waals surface area contributed by atoms with Gasteiger partial charge in [0, 0.05) is 37.4 Å². The molecule has 0 unspecified atom stereocenters. The first kappa shape index (κ1) is 32.0. The van der Waals surface area contributed by atoms with Crippen molar-refractivity contribution in [3.05, 3.63) is 83.3 Å². The number of likely N-dealkylation sites (tertiary alicyclic amines) is 1. The predicted octanol–water partition coefficient (Wildman–Crippen LogP) is 8.11. The second-order valence-corrected chi connectivity index (χ2v) is 11.9. The van der Waals surface area contributed by atoms with E-state index >= 15 is 0 Å². The molecule has 3 aromatic carbocycles. The molecule has 8 heteroatoms. The van der Waals surface area contributed by atoms with Crippen LogP contribution in [0.3, 0.4) is 0 Å². The quantitative estimate of drug-likeness (QED) is 0.221. The zero-order valence-electron chi connectivity index (χ0n) is 26.6. The SMILES string of the molecule is C/C=C(/OC(C)(C)C)N1CCC(N(Cc2cc(C)cc(-c3cc(OC)c(OC)c(OC)c3)c2)c2ccc(F)c(F)c2)CC1. The molecule has 1 saturated heterocycles. The fourth-order valence-electron chi connectivity index (χ4n) is 5.68. The summed E-state index contributed by atoms with van der Waals surface area (Å²) in [5.74, 6) is 0.857. The number of nitrogens with zero attached hydrogens (tertiary/aromatic N) is 2. The summed E-state index contributed by atoms with van der Waals surface area (Å²) in [5.41, 5.74) is 4.41. The lowest BCUT2D eigenvalue weighted by atomic mass is 9.97. The molecule has 0 amide bonds. The van der Waals surface area contributed by atoms with Crippen molar-refractivity contribution in [2.75, 3.05) is 39.3 Å². The summed E-state index contributed by atoms with van der Waals surface area (Å²) in [7, 11) is 4.78. The van der Waals surface area contributed by atoms with Gasteiger partial charge in [-0.15, -0.1) is 0 Å². The van der Waals surface area contributed by atoms with Crippen LogP contribution in [0.4, 0.5) is 14.5 Å². The smallest absolute Gasteiger partial charge is 0.203 e. The molecular formula is C35H44F2N2O4. The number of anilines is 1. The Hall–Kier alpha value is -3.94. The Balaban J connectivity index is 1.66. The molecule has 6 nitrogen and oxygen atoms in total. The number of aryl methyl sites for hydroxylation is 1. The first-order chi connectivity index (χ1) is 20.5. The van der Waals surface area contributed by atoms with Gasteiger partial charge in [-0.2, -0.15) is 0 Å². The highest BCUT2D eigenvalue weighted by atomic mass is 19.2. The van der Waals surface area contributed by atoms with Crippen LogP contribution >= 0.6 is 0 Å². The zero-order chi connectivity index (χ0) is 31.3. The number of piperidine rings is 1. The van der Waals surface area contributed by atoms with Gasteiger partial charge >= 0.3 is 0 Å². The van der Waals surface area contributed by atoms with Crippen LogP contribution in [0, 0.1) is 18.6 Å². The van der Waals surface area contributed by atoms with Gasteiger partial charge in [0.1, 0.15) is 5.60 Å². The van der Waals surface area contributed by atoms with E-state index in [0.717, 1.165) is 54.1 Å². The van der Waals surface area contributed by atoms with Crippen LogP contribution in [0.5, 0.6) is 17.2 Å². The summed E-state index contributed by atoms with van der Waals surface area (Å²) < 4.78 is 51.4. The van der Waals surface area contributed by atoms with Crippen LogP contribution in [-0.4, -0.2) is 51.0 Å². The number of hydrogen-bond acceptors (Lipinski definition) is 6. The summed E-state index contributed by atoms with van der Waals surface area (Å²) in [6.07, 6.45) is 3.70. The van der Waals surface area contributed by atoms with Gasteiger partial charge < -0.3 is 28.7 Å². The molecule has 43 heavy (non-hydrogen) atoms. The Kier molecular flexibility index (Phi) is 10.1. The van der Waals surface area contributed by atoms with Crippen molar-refractivity contribution in [1.29, 1.82) is 0 Å². The van der Waals surface area contributed by atoms with Crippen molar-refractivity contribution < 1.29 is 27.7 Å². The first-order valence-corrected chi connectivity index (χ1v) is 14.7. The molecule has 1 aliphatic rings. The number of ether oxygens (including phenoxy) is 4. The maximum Gasteiger partial charge on any atom is 0.203 e. The number of rotatable bonds is 10. The van der Waals surface area contributed by atoms with E-state index < -0.39 is 11.6 Å². The number of allylic oxidation sites excluding steroid dienone is 1. The summed E-state index contributed by atoms with van der Waals surface area (Å²) in [5, 5.41) is 0. The highest BCUT2D eigenvalue weighted by Crippen LogP contribution is 2.41. The Labute approximate surface area is 254 Å². The second kappa shape index (κ2) is 13.6. The Morgan fingerprint density at radius 2 is 1.51 bits per heavy atom. The van der Waals surface area contributed by atoms with Crippen LogP contribution in [0.1, 0.15) is 51.7 Å². The maximum atomic E-state index is 14.5.